The molecule has 1 aromatic rings. The second-order valence-electron chi connectivity index (χ2n) is 5.40. The lowest BCUT2D eigenvalue weighted by Gasteiger charge is -2.33. The quantitative estimate of drug-likeness (QED) is 0.845. The Morgan fingerprint density at radius 1 is 1.26 bits per heavy atom. The minimum Gasteiger partial charge on any atom is -0.481 e. The molecule has 3 heteroatoms. The topological polar surface area (TPSA) is 40.5 Å². The van der Waals surface area contributed by atoms with Crippen molar-refractivity contribution in [3.05, 3.63) is 35.9 Å². The molecule has 0 aliphatic heterocycles. The Bertz CT molecular complexity index is 463. The molecule has 0 spiro atoms. The van der Waals surface area contributed by atoms with Crippen molar-refractivity contribution in [2.45, 2.75) is 32.7 Å². The Kier molecular flexibility index (Phi) is 5.59. The van der Waals surface area contributed by atoms with Crippen LogP contribution in [0.15, 0.2) is 30.3 Å². The first-order valence-corrected chi connectivity index (χ1v) is 6.40. The zero-order valence-corrected chi connectivity index (χ0v) is 11.8. The number of benzene rings is 1. The summed E-state index contributed by atoms with van der Waals surface area (Å²) >= 11 is 0. The van der Waals surface area contributed by atoms with Gasteiger partial charge in [-0.1, -0.05) is 30.0 Å². The van der Waals surface area contributed by atoms with E-state index < -0.39 is 5.97 Å². The fourth-order valence-electron chi connectivity index (χ4n) is 1.64. The van der Waals surface area contributed by atoms with Gasteiger partial charge in [-0.15, -0.1) is 0 Å². The van der Waals surface area contributed by atoms with Gasteiger partial charge in [-0.3, -0.25) is 9.69 Å². The molecular formula is C16H21NO2. The van der Waals surface area contributed by atoms with Gasteiger partial charge >= 0.3 is 5.97 Å². The van der Waals surface area contributed by atoms with Crippen molar-refractivity contribution in [2.24, 2.45) is 0 Å². The number of carboxylic acids is 1. The predicted octanol–water partition coefficient (Wildman–Crippen LogP) is 2.61. The summed E-state index contributed by atoms with van der Waals surface area (Å²) < 4.78 is 0. The lowest BCUT2D eigenvalue weighted by molar-refractivity contribution is -0.137. The minimum atomic E-state index is -0.773. The van der Waals surface area contributed by atoms with Crippen molar-refractivity contribution in [1.82, 2.24) is 4.90 Å². The first-order chi connectivity index (χ1) is 8.89. The molecule has 1 aromatic carbocycles. The van der Waals surface area contributed by atoms with E-state index in [1.54, 1.807) is 0 Å². The number of hydrogen-bond donors (Lipinski definition) is 1. The monoisotopic (exact) mass is 259 g/mol. The molecule has 0 saturated carbocycles. The smallest absolute Gasteiger partial charge is 0.304 e. The number of carboxylic acid groups (broad SMARTS) is 1. The highest BCUT2D eigenvalue weighted by Crippen LogP contribution is 2.12. The summed E-state index contributed by atoms with van der Waals surface area (Å²) in [5, 5.41) is 8.77. The van der Waals surface area contributed by atoms with Gasteiger partial charge < -0.3 is 5.11 Å². The summed E-state index contributed by atoms with van der Waals surface area (Å²) in [6.45, 7) is 7.30. The van der Waals surface area contributed by atoms with Crippen molar-refractivity contribution in [1.29, 1.82) is 0 Å². The molecule has 1 rings (SSSR count). The Morgan fingerprint density at radius 2 is 1.89 bits per heavy atom. The molecule has 0 aromatic heterocycles. The largest absolute Gasteiger partial charge is 0.481 e. The van der Waals surface area contributed by atoms with E-state index in [-0.39, 0.29) is 12.0 Å². The Morgan fingerprint density at radius 3 is 2.42 bits per heavy atom. The lowest BCUT2D eigenvalue weighted by atomic mass is 10.1. The number of aliphatic carboxylic acids is 1. The molecule has 19 heavy (non-hydrogen) atoms. The maximum atomic E-state index is 10.7. The summed E-state index contributed by atoms with van der Waals surface area (Å²) in [6, 6.07) is 9.79. The predicted molar refractivity (Wildman–Crippen MR) is 76.9 cm³/mol. The first-order valence-electron chi connectivity index (χ1n) is 6.40. The summed E-state index contributed by atoms with van der Waals surface area (Å²) in [7, 11) is 0. The highest BCUT2D eigenvalue weighted by Gasteiger charge is 2.20. The third-order valence-corrected chi connectivity index (χ3v) is 2.82. The Hall–Kier alpha value is -1.79. The molecule has 0 atom stereocenters. The van der Waals surface area contributed by atoms with Gasteiger partial charge in [-0.25, -0.2) is 0 Å². The third-order valence-electron chi connectivity index (χ3n) is 2.82. The molecule has 0 unspecified atom stereocenters. The van der Waals surface area contributed by atoms with Gasteiger partial charge in [0.1, 0.15) is 0 Å². The molecule has 0 heterocycles. The maximum Gasteiger partial charge on any atom is 0.304 e. The van der Waals surface area contributed by atoms with E-state index in [4.69, 9.17) is 5.11 Å². The van der Waals surface area contributed by atoms with Gasteiger partial charge in [0.15, 0.2) is 0 Å². The molecule has 102 valence electrons. The van der Waals surface area contributed by atoms with Crippen LogP contribution in [0, 0.1) is 11.8 Å². The number of carbonyl (C=O) groups is 1. The van der Waals surface area contributed by atoms with Gasteiger partial charge in [-0.05, 0) is 32.9 Å². The van der Waals surface area contributed by atoms with Crippen LogP contribution in [-0.2, 0) is 4.79 Å². The van der Waals surface area contributed by atoms with Gasteiger partial charge in [0, 0.05) is 17.6 Å². The molecular weight excluding hydrogens is 238 g/mol. The zero-order valence-electron chi connectivity index (χ0n) is 11.8. The van der Waals surface area contributed by atoms with E-state index in [9.17, 15) is 4.79 Å². The van der Waals surface area contributed by atoms with Gasteiger partial charge in [0.25, 0.3) is 0 Å². The maximum absolute atomic E-state index is 10.7. The number of hydrogen-bond acceptors (Lipinski definition) is 2. The van der Waals surface area contributed by atoms with E-state index in [0.717, 1.165) is 5.56 Å². The lowest BCUT2D eigenvalue weighted by Crippen LogP contribution is -2.42. The van der Waals surface area contributed by atoms with Crippen LogP contribution in [0.25, 0.3) is 0 Å². The van der Waals surface area contributed by atoms with E-state index in [1.807, 2.05) is 30.3 Å². The summed E-state index contributed by atoms with van der Waals surface area (Å²) in [5.41, 5.74) is 0.899. The fraction of sp³-hybridized carbons (Fsp3) is 0.438. The molecule has 3 nitrogen and oxygen atoms in total. The van der Waals surface area contributed by atoms with Crippen LogP contribution in [0.3, 0.4) is 0 Å². The Balaban J connectivity index is 2.64. The first kappa shape index (κ1) is 15.3. The Labute approximate surface area is 115 Å². The van der Waals surface area contributed by atoms with Crippen LogP contribution in [0.5, 0.6) is 0 Å². The molecule has 1 N–H and O–H groups in total. The minimum absolute atomic E-state index is 0.0825. The molecule has 0 aliphatic carbocycles. The van der Waals surface area contributed by atoms with Crippen LogP contribution in [0.1, 0.15) is 32.8 Å². The average Bonchev–Trinajstić information content (AvgIpc) is 2.33. The van der Waals surface area contributed by atoms with E-state index in [1.165, 1.54) is 0 Å². The van der Waals surface area contributed by atoms with Crippen molar-refractivity contribution in [2.75, 3.05) is 13.1 Å². The summed E-state index contributed by atoms with van der Waals surface area (Å²) in [4.78, 5) is 12.7. The average molecular weight is 259 g/mol. The second-order valence-corrected chi connectivity index (χ2v) is 5.40. The van der Waals surface area contributed by atoms with Crippen molar-refractivity contribution >= 4 is 5.97 Å². The van der Waals surface area contributed by atoms with Gasteiger partial charge in [-0.2, -0.15) is 0 Å². The van der Waals surface area contributed by atoms with E-state index in [0.29, 0.717) is 13.1 Å². The zero-order chi connectivity index (χ0) is 14.3. The highest BCUT2D eigenvalue weighted by molar-refractivity contribution is 5.66. The fourth-order valence-corrected chi connectivity index (χ4v) is 1.64. The second kappa shape index (κ2) is 6.96. The molecule has 0 bridgehead atoms. The van der Waals surface area contributed by atoms with E-state index >= 15 is 0 Å². The molecule has 0 fully saturated rings. The SMILES string of the molecule is CC(C)(C)N(CC#Cc1ccccc1)CCC(=O)O. The summed E-state index contributed by atoms with van der Waals surface area (Å²) in [6.07, 6.45) is 0.143. The van der Waals surface area contributed by atoms with E-state index in [2.05, 4.69) is 37.5 Å². The standard InChI is InChI=1S/C16H21NO2/c1-16(2,3)17(13-11-15(18)19)12-7-10-14-8-5-4-6-9-14/h4-6,8-9H,11-13H2,1-3H3,(H,18,19). The normalized spacial score (nSPS) is 10.9. The molecule has 0 amide bonds. The van der Waals surface area contributed by atoms with Crippen molar-refractivity contribution in [3.8, 4) is 11.8 Å². The third kappa shape index (κ3) is 6.08. The molecule has 0 radical (unpaired) electrons. The van der Waals surface area contributed by atoms with Crippen molar-refractivity contribution in [3.63, 3.8) is 0 Å². The van der Waals surface area contributed by atoms with Crippen LogP contribution < -0.4 is 0 Å². The number of rotatable bonds is 4. The molecule has 0 aliphatic rings. The summed E-state index contributed by atoms with van der Waals surface area (Å²) in [5.74, 6) is 5.44. The van der Waals surface area contributed by atoms with Crippen molar-refractivity contribution < 1.29 is 9.90 Å². The number of nitrogens with zero attached hydrogens (tertiary/aromatic N) is 1. The van der Waals surface area contributed by atoms with Gasteiger partial charge in [0.2, 0.25) is 0 Å². The van der Waals surface area contributed by atoms with Crippen LogP contribution >= 0.6 is 0 Å². The van der Waals surface area contributed by atoms with Crippen LogP contribution in [0.2, 0.25) is 0 Å². The van der Waals surface area contributed by atoms with Gasteiger partial charge in [0.05, 0.1) is 13.0 Å². The molecule has 0 saturated heterocycles. The van der Waals surface area contributed by atoms with Crippen LogP contribution in [0.4, 0.5) is 0 Å². The highest BCUT2D eigenvalue weighted by atomic mass is 16.4. The van der Waals surface area contributed by atoms with Crippen LogP contribution in [-0.4, -0.2) is 34.6 Å².